The number of hydrogen-bond donors (Lipinski definition) is 2. The molecule has 2 aliphatic rings. The molecule has 0 radical (unpaired) electrons. The van der Waals surface area contributed by atoms with Gasteiger partial charge in [-0.15, -0.1) is 10.2 Å². The summed E-state index contributed by atoms with van der Waals surface area (Å²) < 4.78 is 9.86. The number of benzene rings is 1. The lowest BCUT2D eigenvalue weighted by atomic mass is 9.87. The summed E-state index contributed by atoms with van der Waals surface area (Å²) in [6, 6.07) is 12.3. The summed E-state index contributed by atoms with van der Waals surface area (Å²) in [6.07, 6.45) is 12.4. The maximum Gasteiger partial charge on any atom is 0.300 e. The highest BCUT2D eigenvalue weighted by molar-refractivity contribution is 5.88. The molecule has 2 bridgehead atoms. The number of hydrogen-bond acceptors (Lipinski definition) is 8. The van der Waals surface area contributed by atoms with Gasteiger partial charge in [-0.3, -0.25) is 14.0 Å². The van der Waals surface area contributed by atoms with Crippen molar-refractivity contribution >= 4 is 34.4 Å². The van der Waals surface area contributed by atoms with Crippen molar-refractivity contribution in [3.8, 4) is 11.5 Å². The predicted octanol–water partition coefficient (Wildman–Crippen LogP) is 5.13. The average molecular weight is 581 g/mol. The number of pyridine rings is 1. The number of rotatable bonds is 6. The van der Waals surface area contributed by atoms with Gasteiger partial charge in [-0.1, -0.05) is 6.58 Å². The van der Waals surface area contributed by atoms with E-state index in [0.29, 0.717) is 5.75 Å². The molecule has 1 amide bonds. The fourth-order valence-corrected chi connectivity index (χ4v) is 6.23. The van der Waals surface area contributed by atoms with E-state index in [9.17, 15) is 4.79 Å². The van der Waals surface area contributed by atoms with E-state index in [0.717, 1.165) is 72.2 Å². The van der Waals surface area contributed by atoms with E-state index in [-0.39, 0.29) is 23.9 Å². The lowest BCUT2D eigenvalue weighted by Crippen LogP contribution is -2.45. The van der Waals surface area contributed by atoms with E-state index < -0.39 is 5.97 Å². The second kappa shape index (κ2) is 11.6. The van der Waals surface area contributed by atoms with Crippen molar-refractivity contribution in [3.63, 3.8) is 0 Å². The molecule has 5 aromatic rings. The van der Waals surface area contributed by atoms with E-state index in [1.807, 2.05) is 63.5 Å². The second-order valence-corrected chi connectivity index (χ2v) is 10.9. The minimum atomic E-state index is -0.833. The van der Waals surface area contributed by atoms with Gasteiger partial charge in [0.05, 0.1) is 11.4 Å². The Kier molecular flexibility index (Phi) is 7.49. The molecule has 2 fully saturated rings. The normalized spacial score (nSPS) is 19.1. The molecule has 2 saturated heterocycles. The van der Waals surface area contributed by atoms with Gasteiger partial charge < -0.3 is 20.1 Å². The Morgan fingerprint density at radius 1 is 1.12 bits per heavy atom. The first-order valence-corrected chi connectivity index (χ1v) is 14.1. The van der Waals surface area contributed by atoms with Gasteiger partial charge in [0.2, 0.25) is 5.91 Å². The van der Waals surface area contributed by atoms with Crippen LogP contribution in [0.3, 0.4) is 0 Å². The molecule has 2 N–H and O–H groups in total. The highest BCUT2D eigenvalue weighted by atomic mass is 16.5. The zero-order chi connectivity index (χ0) is 30.1. The molecule has 4 aromatic heterocycles. The number of carboxylic acids is 1. The van der Waals surface area contributed by atoms with Crippen molar-refractivity contribution in [2.45, 2.75) is 57.5 Å². The van der Waals surface area contributed by atoms with Crippen LogP contribution in [0.1, 0.15) is 49.8 Å². The van der Waals surface area contributed by atoms with Crippen LogP contribution in [0.2, 0.25) is 0 Å². The van der Waals surface area contributed by atoms with Crippen molar-refractivity contribution in [1.29, 1.82) is 0 Å². The number of nitrogens with zero attached hydrogens (tertiary/aromatic N) is 7. The van der Waals surface area contributed by atoms with Gasteiger partial charge in [0, 0.05) is 49.1 Å². The molecule has 2 unspecified atom stereocenters. The Morgan fingerprint density at radius 3 is 2.60 bits per heavy atom. The molecule has 1 aromatic carbocycles. The van der Waals surface area contributed by atoms with Crippen molar-refractivity contribution in [2.24, 2.45) is 0 Å². The maximum atomic E-state index is 12.4. The summed E-state index contributed by atoms with van der Waals surface area (Å²) in [4.78, 5) is 28.2. The molecule has 2 aliphatic heterocycles. The summed E-state index contributed by atoms with van der Waals surface area (Å²) >= 11 is 0. The van der Waals surface area contributed by atoms with Gasteiger partial charge in [-0.25, -0.2) is 9.50 Å². The number of fused-ring (bicyclic) bond motifs is 4. The highest BCUT2D eigenvalue weighted by Gasteiger charge is 2.43. The third-order valence-corrected chi connectivity index (χ3v) is 7.98. The number of aryl methyl sites for hydroxylation is 1. The molecule has 0 aliphatic carbocycles. The Labute approximate surface area is 247 Å². The SMILES string of the molecule is C=CC(=O)N1C2CCC1CC(c1ncnn3ccc(Nc4ccc(Oc5ccn6cnnc6c5)c(C)c4)c13)C2.CC(=O)O. The number of aromatic nitrogens is 6. The Bertz CT molecular complexity index is 1810. The molecule has 7 rings (SSSR count). The summed E-state index contributed by atoms with van der Waals surface area (Å²) in [7, 11) is 0. The molecular formula is C31H32N8O4. The van der Waals surface area contributed by atoms with Crippen LogP contribution < -0.4 is 10.1 Å². The van der Waals surface area contributed by atoms with Gasteiger partial charge >= 0.3 is 0 Å². The average Bonchev–Trinajstić information content (AvgIpc) is 3.69. The fourth-order valence-electron chi connectivity index (χ4n) is 6.23. The van der Waals surface area contributed by atoms with Crippen LogP contribution in [0.25, 0.3) is 11.2 Å². The van der Waals surface area contributed by atoms with Crippen LogP contribution in [0, 0.1) is 6.92 Å². The lowest BCUT2D eigenvalue weighted by Gasteiger charge is -2.38. The van der Waals surface area contributed by atoms with E-state index >= 15 is 0 Å². The molecule has 0 saturated carbocycles. The van der Waals surface area contributed by atoms with E-state index in [2.05, 4.69) is 33.3 Å². The van der Waals surface area contributed by atoms with Gasteiger partial charge in [0.15, 0.2) is 5.65 Å². The van der Waals surface area contributed by atoms with Crippen molar-refractivity contribution in [2.75, 3.05) is 5.32 Å². The highest BCUT2D eigenvalue weighted by Crippen LogP contribution is 2.44. The number of anilines is 2. The minimum Gasteiger partial charge on any atom is -0.481 e. The Morgan fingerprint density at radius 2 is 1.88 bits per heavy atom. The molecule has 12 nitrogen and oxygen atoms in total. The zero-order valence-electron chi connectivity index (χ0n) is 23.9. The topological polar surface area (TPSA) is 139 Å². The number of carbonyl (C=O) groups excluding carboxylic acids is 1. The first-order chi connectivity index (χ1) is 20.8. The quantitative estimate of drug-likeness (QED) is 0.262. The lowest BCUT2D eigenvalue weighted by molar-refractivity contribution is -0.134. The van der Waals surface area contributed by atoms with Gasteiger partial charge in [-0.2, -0.15) is 5.10 Å². The van der Waals surface area contributed by atoms with E-state index in [4.69, 9.17) is 19.6 Å². The zero-order valence-corrected chi connectivity index (χ0v) is 23.9. The largest absolute Gasteiger partial charge is 0.481 e. The molecule has 2 atom stereocenters. The van der Waals surface area contributed by atoms with Crippen LogP contribution in [0.4, 0.5) is 11.4 Å². The van der Waals surface area contributed by atoms with Crippen LogP contribution in [-0.2, 0) is 9.59 Å². The van der Waals surface area contributed by atoms with E-state index in [1.165, 1.54) is 6.08 Å². The fraction of sp³-hybridized carbons (Fsp3) is 0.290. The molecule has 0 spiro atoms. The van der Waals surface area contributed by atoms with Crippen LogP contribution in [0.15, 0.2) is 74.1 Å². The number of ether oxygens (including phenoxy) is 1. The standard InChI is InChI=1S/C29H28N8O2.C2H4O2/c1-3-27(38)37-21-5-6-22(37)14-19(13-21)28-29-24(9-11-36(29)32-16-30-28)33-20-4-7-25(18(2)12-20)39-23-8-10-35-17-31-34-26(35)15-23;1-2(3)4/h3-4,7-12,15-17,19,21-22,33H,1,5-6,13-14H2,2H3;1H3,(H,3,4). The van der Waals surface area contributed by atoms with Crippen LogP contribution in [-0.4, -0.2) is 63.2 Å². The summed E-state index contributed by atoms with van der Waals surface area (Å²) in [5.74, 6) is 0.943. The van der Waals surface area contributed by atoms with Crippen molar-refractivity contribution in [3.05, 3.63) is 85.4 Å². The maximum absolute atomic E-state index is 12.4. The van der Waals surface area contributed by atoms with Crippen molar-refractivity contribution < 1.29 is 19.4 Å². The summed E-state index contributed by atoms with van der Waals surface area (Å²) in [5.41, 5.74) is 5.63. The molecule has 220 valence electrons. The third-order valence-electron chi connectivity index (χ3n) is 7.98. The first-order valence-electron chi connectivity index (χ1n) is 14.1. The van der Waals surface area contributed by atoms with Gasteiger partial charge in [-0.05, 0) is 74.6 Å². The number of carboxylic acid groups (broad SMARTS) is 1. The second-order valence-electron chi connectivity index (χ2n) is 10.9. The van der Waals surface area contributed by atoms with Crippen LogP contribution >= 0.6 is 0 Å². The summed E-state index contributed by atoms with van der Waals surface area (Å²) in [6.45, 7) is 6.81. The molecule has 43 heavy (non-hydrogen) atoms. The summed E-state index contributed by atoms with van der Waals surface area (Å²) in [5, 5.41) is 23.5. The molecule has 6 heterocycles. The number of amides is 1. The first kappa shape index (κ1) is 27.9. The molecular weight excluding hydrogens is 548 g/mol. The Balaban J connectivity index is 0.000000777. The predicted molar refractivity (Wildman–Crippen MR) is 160 cm³/mol. The monoisotopic (exact) mass is 580 g/mol. The number of piperidine rings is 1. The van der Waals surface area contributed by atoms with E-state index in [1.54, 1.807) is 12.7 Å². The Hall–Kier alpha value is -5.26. The van der Waals surface area contributed by atoms with Gasteiger partial charge in [0.25, 0.3) is 5.97 Å². The number of aliphatic carboxylic acids is 1. The van der Waals surface area contributed by atoms with Crippen LogP contribution in [0.5, 0.6) is 11.5 Å². The molecule has 12 heteroatoms. The third kappa shape index (κ3) is 5.63. The van der Waals surface area contributed by atoms with Gasteiger partial charge in [0.1, 0.15) is 29.7 Å². The number of nitrogens with one attached hydrogen (secondary N) is 1. The number of carbonyl (C=O) groups is 2. The minimum absolute atomic E-state index is 0.0423. The smallest absolute Gasteiger partial charge is 0.300 e. The van der Waals surface area contributed by atoms with Crippen molar-refractivity contribution in [1.82, 2.24) is 34.1 Å².